The zero-order chi connectivity index (χ0) is 16.5. The fourth-order valence-electron chi connectivity index (χ4n) is 3.27. The van der Waals surface area contributed by atoms with E-state index in [9.17, 15) is 9.59 Å². The lowest BCUT2D eigenvalue weighted by molar-refractivity contribution is -0.150. The molecule has 3 atom stereocenters. The molecule has 0 heterocycles. The second-order valence-corrected chi connectivity index (χ2v) is 6.60. The number of rotatable bonds is 6. The van der Waals surface area contributed by atoms with Gasteiger partial charge in [-0.3, -0.25) is 9.59 Å². The number of esters is 1. The summed E-state index contributed by atoms with van der Waals surface area (Å²) in [6.45, 7) is 9.60. The summed E-state index contributed by atoms with van der Waals surface area (Å²) >= 11 is 0. The molecule has 2 aliphatic carbocycles. The number of methoxy groups -OCH3 is 1. The van der Waals surface area contributed by atoms with Gasteiger partial charge in [-0.2, -0.15) is 0 Å². The van der Waals surface area contributed by atoms with Crippen molar-refractivity contribution < 1.29 is 19.1 Å². The zero-order valence-corrected chi connectivity index (χ0v) is 13.7. The van der Waals surface area contributed by atoms with E-state index in [0.29, 0.717) is 6.42 Å². The predicted molar refractivity (Wildman–Crippen MR) is 83.9 cm³/mol. The SMILES string of the molecule is C=CCC1=C(C)C(OC(=O)[C@@H]2[C@@H](/C=C\OC)C2(C)C)CC1=O. The molecule has 1 saturated carbocycles. The Labute approximate surface area is 131 Å². The van der Waals surface area contributed by atoms with Crippen molar-refractivity contribution in [3.05, 3.63) is 36.1 Å². The third-order valence-corrected chi connectivity index (χ3v) is 4.86. The van der Waals surface area contributed by atoms with Crippen LogP contribution < -0.4 is 0 Å². The summed E-state index contributed by atoms with van der Waals surface area (Å²) in [5.41, 5.74) is 1.47. The summed E-state index contributed by atoms with van der Waals surface area (Å²) in [6.07, 6.45) is 5.58. The van der Waals surface area contributed by atoms with Gasteiger partial charge in [0, 0.05) is 5.57 Å². The Kier molecular flexibility index (Phi) is 4.59. The summed E-state index contributed by atoms with van der Waals surface area (Å²) in [4.78, 5) is 24.4. The summed E-state index contributed by atoms with van der Waals surface area (Å²) < 4.78 is 10.5. The zero-order valence-electron chi connectivity index (χ0n) is 13.7. The lowest BCUT2D eigenvalue weighted by atomic mass is 10.1. The molecule has 120 valence electrons. The van der Waals surface area contributed by atoms with Crippen molar-refractivity contribution in [2.75, 3.05) is 7.11 Å². The Morgan fingerprint density at radius 1 is 1.45 bits per heavy atom. The highest BCUT2D eigenvalue weighted by molar-refractivity contribution is 6.00. The first-order chi connectivity index (χ1) is 10.3. The normalized spacial score (nSPS) is 29.8. The first-order valence-corrected chi connectivity index (χ1v) is 7.58. The van der Waals surface area contributed by atoms with Gasteiger partial charge in [-0.05, 0) is 36.3 Å². The molecule has 0 spiro atoms. The van der Waals surface area contributed by atoms with Crippen LogP contribution in [0.25, 0.3) is 0 Å². The van der Waals surface area contributed by atoms with Crippen molar-refractivity contribution in [1.82, 2.24) is 0 Å². The van der Waals surface area contributed by atoms with E-state index >= 15 is 0 Å². The van der Waals surface area contributed by atoms with Crippen LogP contribution in [0.4, 0.5) is 0 Å². The van der Waals surface area contributed by atoms with Crippen LogP contribution in [-0.2, 0) is 19.1 Å². The van der Waals surface area contributed by atoms with E-state index < -0.39 is 6.10 Å². The van der Waals surface area contributed by atoms with Crippen molar-refractivity contribution in [1.29, 1.82) is 0 Å². The number of allylic oxidation sites excluding steroid dienone is 3. The minimum Gasteiger partial charge on any atom is -0.505 e. The highest BCUT2D eigenvalue weighted by Gasteiger charge is 2.61. The molecule has 1 fully saturated rings. The second kappa shape index (κ2) is 6.11. The molecule has 4 nitrogen and oxygen atoms in total. The van der Waals surface area contributed by atoms with Gasteiger partial charge in [-0.15, -0.1) is 6.58 Å². The van der Waals surface area contributed by atoms with E-state index in [0.717, 1.165) is 11.1 Å². The molecule has 0 aliphatic heterocycles. The predicted octanol–water partition coefficient (Wildman–Crippen LogP) is 3.20. The van der Waals surface area contributed by atoms with Gasteiger partial charge in [0.1, 0.15) is 6.10 Å². The molecule has 0 radical (unpaired) electrons. The second-order valence-electron chi connectivity index (χ2n) is 6.60. The number of carbonyl (C=O) groups excluding carboxylic acids is 2. The Morgan fingerprint density at radius 2 is 2.14 bits per heavy atom. The van der Waals surface area contributed by atoms with Gasteiger partial charge in [0.15, 0.2) is 5.78 Å². The van der Waals surface area contributed by atoms with Crippen LogP contribution in [-0.4, -0.2) is 25.0 Å². The average Bonchev–Trinajstić information content (AvgIpc) is 2.91. The number of ether oxygens (including phenoxy) is 2. The standard InChI is InChI=1S/C18H24O4/c1-6-7-12-11(2)15(10-14(12)19)22-17(20)16-13(8-9-21-5)18(16,3)4/h6,8-9,13,15-16H,1,7,10H2,2-5H3/b9-8-/t13-,15?,16+/m1/s1. The third kappa shape index (κ3) is 2.87. The molecule has 0 saturated heterocycles. The largest absolute Gasteiger partial charge is 0.505 e. The van der Waals surface area contributed by atoms with Gasteiger partial charge in [0.2, 0.25) is 0 Å². The van der Waals surface area contributed by atoms with E-state index in [2.05, 4.69) is 6.58 Å². The highest BCUT2D eigenvalue weighted by atomic mass is 16.5. The van der Waals surface area contributed by atoms with Crippen LogP contribution in [0.1, 0.15) is 33.6 Å². The van der Waals surface area contributed by atoms with Gasteiger partial charge >= 0.3 is 5.97 Å². The van der Waals surface area contributed by atoms with Crippen LogP contribution in [0.15, 0.2) is 36.1 Å². The maximum absolute atomic E-state index is 12.4. The average molecular weight is 304 g/mol. The maximum Gasteiger partial charge on any atom is 0.310 e. The summed E-state index contributed by atoms with van der Waals surface area (Å²) in [6, 6.07) is 0. The molecule has 2 rings (SSSR count). The molecule has 0 aromatic carbocycles. The molecule has 0 aromatic rings. The smallest absolute Gasteiger partial charge is 0.310 e. The molecule has 0 bridgehead atoms. The first-order valence-electron chi connectivity index (χ1n) is 7.58. The van der Waals surface area contributed by atoms with E-state index in [4.69, 9.17) is 9.47 Å². The number of carbonyl (C=O) groups is 2. The van der Waals surface area contributed by atoms with Crippen molar-refractivity contribution in [3.63, 3.8) is 0 Å². The van der Waals surface area contributed by atoms with E-state index in [1.807, 2.05) is 26.8 Å². The minimum atomic E-state index is -0.418. The molecule has 0 N–H and O–H groups in total. The molecule has 2 aliphatic rings. The minimum absolute atomic E-state index is 0.0566. The number of Topliss-reactive ketones (excluding diaryl/α,β-unsaturated/α-hetero) is 1. The molecule has 4 heteroatoms. The van der Waals surface area contributed by atoms with Crippen molar-refractivity contribution in [3.8, 4) is 0 Å². The summed E-state index contributed by atoms with van der Waals surface area (Å²) in [5.74, 6) is -0.229. The van der Waals surface area contributed by atoms with Crippen molar-refractivity contribution in [2.45, 2.75) is 39.7 Å². The quantitative estimate of drug-likeness (QED) is 0.429. The van der Waals surface area contributed by atoms with Crippen LogP contribution >= 0.6 is 0 Å². The van der Waals surface area contributed by atoms with Gasteiger partial charge in [-0.25, -0.2) is 0 Å². The number of ketones is 1. The van der Waals surface area contributed by atoms with Crippen LogP contribution in [0.2, 0.25) is 0 Å². The maximum atomic E-state index is 12.4. The molecule has 1 unspecified atom stereocenters. The van der Waals surface area contributed by atoms with E-state index in [1.54, 1.807) is 19.4 Å². The fourth-order valence-corrected chi connectivity index (χ4v) is 3.27. The Morgan fingerprint density at radius 3 is 2.73 bits per heavy atom. The molecule has 22 heavy (non-hydrogen) atoms. The van der Waals surface area contributed by atoms with Gasteiger partial charge in [-0.1, -0.05) is 19.9 Å². The Bertz CT molecular complexity index is 553. The molecular formula is C18H24O4. The molecular weight excluding hydrogens is 280 g/mol. The van der Waals surface area contributed by atoms with Crippen molar-refractivity contribution >= 4 is 11.8 Å². The van der Waals surface area contributed by atoms with Gasteiger partial charge in [0.05, 0.1) is 25.7 Å². The molecule has 0 amide bonds. The van der Waals surface area contributed by atoms with Crippen LogP contribution in [0, 0.1) is 17.3 Å². The number of hydrogen-bond donors (Lipinski definition) is 0. The van der Waals surface area contributed by atoms with E-state index in [-0.39, 0.29) is 35.4 Å². The highest BCUT2D eigenvalue weighted by Crippen LogP contribution is 2.59. The molecule has 0 aromatic heterocycles. The monoisotopic (exact) mass is 304 g/mol. The van der Waals surface area contributed by atoms with Gasteiger partial charge < -0.3 is 9.47 Å². The summed E-state index contributed by atoms with van der Waals surface area (Å²) in [5, 5.41) is 0. The fraction of sp³-hybridized carbons (Fsp3) is 0.556. The van der Waals surface area contributed by atoms with Crippen LogP contribution in [0.5, 0.6) is 0 Å². The Balaban J connectivity index is 2.03. The lowest BCUT2D eigenvalue weighted by Gasteiger charge is -2.13. The van der Waals surface area contributed by atoms with E-state index in [1.165, 1.54) is 0 Å². The third-order valence-electron chi connectivity index (χ3n) is 4.86. The lowest BCUT2D eigenvalue weighted by Crippen LogP contribution is -2.20. The summed E-state index contributed by atoms with van der Waals surface area (Å²) in [7, 11) is 1.58. The topological polar surface area (TPSA) is 52.6 Å². The number of hydrogen-bond acceptors (Lipinski definition) is 4. The van der Waals surface area contributed by atoms with Crippen LogP contribution in [0.3, 0.4) is 0 Å². The van der Waals surface area contributed by atoms with Gasteiger partial charge in [0.25, 0.3) is 0 Å². The first kappa shape index (κ1) is 16.5. The van der Waals surface area contributed by atoms with Crippen molar-refractivity contribution in [2.24, 2.45) is 17.3 Å². The Hall–Kier alpha value is -1.84.